The van der Waals surface area contributed by atoms with Crippen molar-refractivity contribution in [3.05, 3.63) is 65.9 Å². The van der Waals surface area contributed by atoms with Crippen molar-refractivity contribution in [2.45, 2.75) is 6.54 Å². The maximum absolute atomic E-state index is 12.0. The van der Waals surface area contributed by atoms with Crippen molar-refractivity contribution in [1.82, 2.24) is 10.3 Å². The lowest BCUT2D eigenvalue weighted by atomic mass is 10.2. The lowest BCUT2D eigenvalue weighted by Crippen LogP contribution is -2.37. The number of amides is 1. The van der Waals surface area contributed by atoms with Crippen LogP contribution in [0, 0.1) is 0 Å². The Labute approximate surface area is 142 Å². The Morgan fingerprint density at radius 3 is 2.75 bits per heavy atom. The van der Waals surface area contributed by atoms with E-state index >= 15 is 0 Å². The predicted octanol–water partition coefficient (Wildman–Crippen LogP) is 2.25. The maximum Gasteiger partial charge on any atom is 0.244 e. The van der Waals surface area contributed by atoms with Crippen LogP contribution in [0.1, 0.15) is 11.1 Å². The van der Waals surface area contributed by atoms with Gasteiger partial charge in [-0.3, -0.25) is 4.79 Å². The Bertz CT molecular complexity index is 695. The van der Waals surface area contributed by atoms with E-state index in [1.54, 1.807) is 12.3 Å². The minimum Gasteiger partial charge on any atom is -0.378 e. The summed E-state index contributed by atoms with van der Waals surface area (Å²) in [4.78, 5) is 18.7. The number of hydrogen-bond donors (Lipinski definition) is 1. The Morgan fingerprint density at radius 1 is 1.17 bits per heavy atom. The highest BCUT2D eigenvalue weighted by Crippen LogP contribution is 2.18. The fourth-order valence-corrected chi connectivity index (χ4v) is 2.61. The molecule has 1 aromatic carbocycles. The number of nitrogens with one attached hydrogen (secondary N) is 1. The van der Waals surface area contributed by atoms with E-state index in [0.29, 0.717) is 19.8 Å². The van der Waals surface area contributed by atoms with Gasteiger partial charge in [0.1, 0.15) is 5.82 Å². The van der Waals surface area contributed by atoms with E-state index in [4.69, 9.17) is 4.74 Å². The van der Waals surface area contributed by atoms with Crippen LogP contribution in [0.25, 0.3) is 6.08 Å². The van der Waals surface area contributed by atoms with Crippen molar-refractivity contribution in [3.8, 4) is 0 Å². The highest BCUT2D eigenvalue weighted by Gasteiger charge is 2.15. The summed E-state index contributed by atoms with van der Waals surface area (Å²) in [7, 11) is 0. The molecule has 0 spiro atoms. The molecule has 1 aromatic heterocycles. The molecular formula is C19H21N3O2. The van der Waals surface area contributed by atoms with Crippen molar-refractivity contribution in [1.29, 1.82) is 0 Å². The monoisotopic (exact) mass is 323 g/mol. The average Bonchev–Trinajstić information content (AvgIpc) is 2.66. The van der Waals surface area contributed by atoms with Crippen LogP contribution in [-0.4, -0.2) is 37.2 Å². The van der Waals surface area contributed by atoms with Crippen molar-refractivity contribution >= 4 is 17.8 Å². The first kappa shape index (κ1) is 16.2. The number of benzene rings is 1. The quantitative estimate of drug-likeness (QED) is 0.858. The van der Waals surface area contributed by atoms with Crippen LogP contribution >= 0.6 is 0 Å². The molecule has 124 valence electrons. The summed E-state index contributed by atoms with van der Waals surface area (Å²) < 4.78 is 5.38. The third kappa shape index (κ3) is 4.43. The molecule has 2 aromatic rings. The number of morpholine rings is 1. The van der Waals surface area contributed by atoms with E-state index in [9.17, 15) is 4.79 Å². The lowest BCUT2D eigenvalue weighted by Gasteiger charge is -2.29. The minimum absolute atomic E-state index is 0.115. The van der Waals surface area contributed by atoms with Gasteiger partial charge in [-0.1, -0.05) is 36.4 Å². The second kappa shape index (κ2) is 8.26. The molecule has 24 heavy (non-hydrogen) atoms. The molecule has 2 heterocycles. The number of aromatic nitrogens is 1. The molecule has 1 N–H and O–H groups in total. The fraction of sp³-hybridized carbons (Fsp3) is 0.263. The zero-order chi connectivity index (χ0) is 16.6. The summed E-state index contributed by atoms with van der Waals surface area (Å²) in [5.74, 6) is 0.809. The van der Waals surface area contributed by atoms with Crippen LogP contribution in [-0.2, 0) is 16.1 Å². The van der Waals surface area contributed by atoms with E-state index in [0.717, 1.165) is 30.0 Å². The highest BCUT2D eigenvalue weighted by atomic mass is 16.5. The summed E-state index contributed by atoms with van der Waals surface area (Å²) in [5.41, 5.74) is 2.02. The van der Waals surface area contributed by atoms with E-state index in [2.05, 4.69) is 15.2 Å². The standard InChI is InChI=1S/C19H21N3O2/c23-18(9-8-16-5-2-1-3-6-16)21-15-17-7-4-10-20-19(17)22-11-13-24-14-12-22/h1-10H,11-15H2,(H,21,23). The van der Waals surface area contributed by atoms with Gasteiger partial charge < -0.3 is 15.0 Å². The molecule has 1 fully saturated rings. The summed E-state index contributed by atoms with van der Waals surface area (Å²) in [6.45, 7) is 3.53. The van der Waals surface area contributed by atoms with Gasteiger partial charge in [0.25, 0.3) is 0 Å². The Morgan fingerprint density at radius 2 is 1.96 bits per heavy atom. The van der Waals surface area contributed by atoms with Crippen LogP contribution in [0.5, 0.6) is 0 Å². The third-order valence-corrected chi connectivity index (χ3v) is 3.86. The van der Waals surface area contributed by atoms with Crippen LogP contribution in [0.4, 0.5) is 5.82 Å². The molecule has 0 aliphatic carbocycles. The molecule has 1 aliphatic heterocycles. The van der Waals surface area contributed by atoms with Crippen LogP contribution in [0.15, 0.2) is 54.7 Å². The first-order chi connectivity index (χ1) is 11.8. The van der Waals surface area contributed by atoms with Crippen molar-refractivity contribution in [2.75, 3.05) is 31.2 Å². The topological polar surface area (TPSA) is 54.5 Å². The normalized spacial score (nSPS) is 14.8. The molecule has 5 nitrogen and oxygen atoms in total. The molecule has 0 unspecified atom stereocenters. The van der Waals surface area contributed by atoms with Gasteiger partial charge >= 0.3 is 0 Å². The lowest BCUT2D eigenvalue weighted by molar-refractivity contribution is -0.116. The molecule has 1 amide bonds. The summed E-state index contributed by atoms with van der Waals surface area (Å²) >= 11 is 0. The number of carbonyl (C=O) groups is 1. The molecule has 1 saturated heterocycles. The first-order valence-corrected chi connectivity index (χ1v) is 8.10. The number of hydrogen-bond acceptors (Lipinski definition) is 4. The first-order valence-electron chi connectivity index (χ1n) is 8.10. The largest absolute Gasteiger partial charge is 0.378 e. The van der Waals surface area contributed by atoms with E-state index in [1.807, 2.05) is 48.5 Å². The van der Waals surface area contributed by atoms with E-state index in [-0.39, 0.29) is 5.91 Å². The van der Waals surface area contributed by atoms with Crippen LogP contribution < -0.4 is 10.2 Å². The van der Waals surface area contributed by atoms with Gasteiger partial charge in [-0.25, -0.2) is 4.98 Å². The molecule has 3 rings (SSSR count). The summed E-state index contributed by atoms with van der Waals surface area (Å²) in [6, 6.07) is 13.7. The van der Waals surface area contributed by atoms with Gasteiger partial charge in [-0.2, -0.15) is 0 Å². The zero-order valence-electron chi connectivity index (χ0n) is 13.5. The Hall–Kier alpha value is -2.66. The second-order valence-electron chi connectivity index (χ2n) is 5.55. The number of nitrogens with zero attached hydrogens (tertiary/aromatic N) is 2. The molecule has 0 bridgehead atoms. The number of rotatable bonds is 5. The summed E-state index contributed by atoms with van der Waals surface area (Å²) in [5, 5.41) is 2.93. The molecule has 5 heteroatoms. The third-order valence-electron chi connectivity index (χ3n) is 3.86. The van der Waals surface area contributed by atoms with Gasteiger partial charge in [-0.15, -0.1) is 0 Å². The minimum atomic E-state index is -0.115. The summed E-state index contributed by atoms with van der Waals surface area (Å²) in [6.07, 6.45) is 5.15. The van der Waals surface area contributed by atoms with Crippen molar-refractivity contribution < 1.29 is 9.53 Å². The SMILES string of the molecule is O=C(C=Cc1ccccc1)NCc1cccnc1N1CCOCC1. The van der Waals surface area contributed by atoms with Gasteiger partial charge in [0, 0.05) is 37.5 Å². The fourth-order valence-electron chi connectivity index (χ4n) is 2.61. The number of ether oxygens (including phenoxy) is 1. The Balaban J connectivity index is 1.60. The van der Waals surface area contributed by atoms with Crippen LogP contribution in [0.2, 0.25) is 0 Å². The molecule has 0 atom stereocenters. The van der Waals surface area contributed by atoms with Crippen molar-refractivity contribution in [2.24, 2.45) is 0 Å². The van der Waals surface area contributed by atoms with E-state index in [1.165, 1.54) is 0 Å². The van der Waals surface area contributed by atoms with Gasteiger partial charge in [0.15, 0.2) is 0 Å². The number of anilines is 1. The van der Waals surface area contributed by atoms with Gasteiger partial charge in [0.2, 0.25) is 5.91 Å². The molecule has 0 radical (unpaired) electrons. The molecule has 0 saturated carbocycles. The Kier molecular flexibility index (Phi) is 5.58. The van der Waals surface area contributed by atoms with Gasteiger partial charge in [-0.05, 0) is 17.7 Å². The molecule has 1 aliphatic rings. The van der Waals surface area contributed by atoms with E-state index < -0.39 is 0 Å². The van der Waals surface area contributed by atoms with Crippen molar-refractivity contribution in [3.63, 3.8) is 0 Å². The number of pyridine rings is 1. The van der Waals surface area contributed by atoms with Gasteiger partial charge in [0.05, 0.1) is 13.2 Å². The smallest absolute Gasteiger partial charge is 0.244 e. The molecular weight excluding hydrogens is 302 g/mol. The number of carbonyl (C=O) groups excluding carboxylic acids is 1. The zero-order valence-corrected chi connectivity index (χ0v) is 13.5. The maximum atomic E-state index is 12.0. The predicted molar refractivity (Wildman–Crippen MR) is 94.6 cm³/mol. The second-order valence-corrected chi connectivity index (χ2v) is 5.55. The highest BCUT2D eigenvalue weighted by molar-refractivity contribution is 5.91. The average molecular weight is 323 g/mol. The van der Waals surface area contributed by atoms with Crippen LogP contribution in [0.3, 0.4) is 0 Å².